The number of halogens is 4. The lowest BCUT2D eigenvalue weighted by atomic mass is 9.74. The van der Waals surface area contributed by atoms with E-state index in [4.69, 9.17) is 4.74 Å². The zero-order chi connectivity index (χ0) is 25.1. The molecule has 0 saturated carbocycles. The molecule has 34 heavy (non-hydrogen) atoms. The number of carbonyl (C=O) groups is 1. The van der Waals surface area contributed by atoms with Gasteiger partial charge in [0.2, 0.25) is 5.88 Å². The maximum atomic E-state index is 14.6. The van der Waals surface area contributed by atoms with Crippen LogP contribution in [0.15, 0.2) is 66.7 Å². The molecule has 180 valence electrons. The molecule has 0 bridgehead atoms. The first kappa shape index (κ1) is 25.0. The number of hydrogen-bond acceptors (Lipinski definition) is 4. The molecule has 0 fully saturated rings. The maximum absolute atomic E-state index is 14.6. The number of pyridine rings is 1. The summed E-state index contributed by atoms with van der Waals surface area (Å²) in [6.07, 6.45) is -4.72. The van der Waals surface area contributed by atoms with Gasteiger partial charge in [-0.15, -0.1) is 0 Å². The summed E-state index contributed by atoms with van der Waals surface area (Å²) >= 11 is 0. The van der Waals surface area contributed by atoms with Crippen molar-refractivity contribution in [3.8, 4) is 11.6 Å². The highest BCUT2D eigenvalue weighted by Gasteiger charge is 2.48. The highest BCUT2D eigenvalue weighted by molar-refractivity contribution is 5.85. The molecule has 2 N–H and O–H groups in total. The molecule has 1 heterocycles. The average Bonchev–Trinajstić information content (AvgIpc) is 2.77. The summed E-state index contributed by atoms with van der Waals surface area (Å²) in [5.41, 5.74) is -2.96. The fourth-order valence-corrected chi connectivity index (χ4v) is 3.83. The van der Waals surface area contributed by atoms with Crippen molar-refractivity contribution in [2.75, 3.05) is 5.32 Å². The van der Waals surface area contributed by atoms with Crippen molar-refractivity contribution in [2.45, 2.75) is 38.4 Å². The van der Waals surface area contributed by atoms with E-state index < -0.39 is 40.9 Å². The van der Waals surface area contributed by atoms with Crippen LogP contribution < -0.4 is 10.1 Å². The number of aliphatic carboxylic acids is 1. The van der Waals surface area contributed by atoms with Gasteiger partial charge >= 0.3 is 12.1 Å². The van der Waals surface area contributed by atoms with Crippen LogP contribution in [0.4, 0.5) is 23.2 Å². The lowest BCUT2D eigenvalue weighted by Gasteiger charge is -2.40. The van der Waals surface area contributed by atoms with Crippen LogP contribution in [0.5, 0.6) is 11.6 Å². The van der Waals surface area contributed by atoms with Gasteiger partial charge in [-0.1, -0.05) is 45.0 Å². The van der Waals surface area contributed by atoms with Gasteiger partial charge < -0.3 is 15.2 Å². The van der Waals surface area contributed by atoms with Crippen LogP contribution >= 0.6 is 0 Å². The van der Waals surface area contributed by atoms with E-state index >= 15 is 0 Å². The van der Waals surface area contributed by atoms with Gasteiger partial charge in [-0.3, -0.25) is 0 Å². The minimum atomic E-state index is -4.72. The molecule has 9 heteroatoms. The van der Waals surface area contributed by atoms with Crippen molar-refractivity contribution in [3.63, 3.8) is 0 Å². The molecule has 2 atom stereocenters. The van der Waals surface area contributed by atoms with Gasteiger partial charge in [0.05, 0.1) is 16.9 Å². The number of carboxylic acids is 1. The van der Waals surface area contributed by atoms with Gasteiger partial charge in [-0.2, -0.15) is 13.2 Å². The van der Waals surface area contributed by atoms with Gasteiger partial charge in [-0.05, 0) is 42.3 Å². The Kier molecular flexibility index (Phi) is 7.14. The van der Waals surface area contributed by atoms with Crippen molar-refractivity contribution >= 4 is 11.7 Å². The van der Waals surface area contributed by atoms with E-state index in [1.165, 1.54) is 0 Å². The molecule has 0 aliphatic rings. The average molecular weight is 476 g/mol. The molecular formula is C25H24F4N2O3. The number of nitrogens with zero attached hydrogens (tertiary/aromatic N) is 1. The van der Waals surface area contributed by atoms with E-state index in [-0.39, 0.29) is 11.6 Å². The number of alkyl halides is 3. The molecule has 2 unspecified atom stereocenters. The third-order valence-corrected chi connectivity index (χ3v) is 5.74. The fraction of sp³-hybridized carbons (Fsp3) is 0.280. The van der Waals surface area contributed by atoms with E-state index in [1.54, 1.807) is 63.2 Å². The van der Waals surface area contributed by atoms with Crippen molar-refractivity contribution in [2.24, 2.45) is 5.92 Å². The SMILES string of the molecule is CC(C)C(Nc1ccc(C(F)(F)F)cc1F)(C(=O)O)C(C)c1cccc(Oc2ccccc2)n1. The Morgan fingerprint density at radius 3 is 2.24 bits per heavy atom. The Morgan fingerprint density at radius 1 is 1.00 bits per heavy atom. The van der Waals surface area contributed by atoms with Crippen LogP contribution in [0.3, 0.4) is 0 Å². The summed E-state index contributed by atoms with van der Waals surface area (Å²) in [6, 6.07) is 15.7. The topological polar surface area (TPSA) is 71.5 Å². The number of hydrogen-bond donors (Lipinski definition) is 2. The van der Waals surface area contributed by atoms with E-state index in [9.17, 15) is 27.5 Å². The third kappa shape index (κ3) is 5.13. The van der Waals surface area contributed by atoms with Gasteiger partial charge in [0.15, 0.2) is 0 Å². The van der Waals surface area contributed by atoms with Crippen LogP contribution in [-0.2, 0) is 11.0 Å². The lowest BCUT2D eigenvalue weighted by Crippen LogP contribution is -2.55. The molecule has 5 nitrogen and oxygen atoms in total. The first-order chi connectivity index (χ1) is 15.9. The molecule has 0 aliphatic heterocycles. The van der Waals surface area contributed by atoms with Crippen LogP contribution in [0, 0.1) is 11.7 Å². The van der Waals surface area contributed by atoms with Crippen LogP contribution in [0.25, 0.3) is 0 Å². The summed E-state index contributed by atoms with van der Waals surface area (Å²) in [5, 5.41) is 12.9. The molecule has 0 radical (unpaired) electrons. The quantitative estimate of drug-likeness (QED) is 0.353. The Bertz CT molecular complexity index is 1150. The second-order valence-electron chi connectivity index (χ2n) is 8.18. The second-order valence-corrected chi connectivity index (χ2v) is 8.18. The Balaban J connectivity index is 1.99. The number of nitrogens with one attached hydrogen (secondary N) is 1. The Labute approximate surface area is 194 Å². The van der Waals surface area contributed by atoms with Crippen LogP contribution in [0.2, 0.25) is 0 Å². The molecule has 1 aromatic heterocycles. The monoisotopic (exact) mass is 476 g/mol. The Morgan fingerprint density at radius 2 is 1.68 bits per heavy atom. The number of para-hydroxylation sites is 1. The van der Waals surface area contributed by atoms with Gasteiger partial charge in [0.1, 0.15) is 17.1 Å². The summed E-state index contributed by atoms with van der Waals surface area (Å²) in [5.74, 6) is -3.17. The minimum Gasteiger partial charge on any atom is -0.479 e. The number of aromatic nitrogens is 1. The smallest absolute Gasteiger partial charge is 0.416 e. The van der Waals surface area contributed by atoms with Crippen LogP contribution in [-0.4, -0.2) is 21.6 Å². The number of ether oxygens (including phenoxy) is 1. The zero-order valence-corrected chi connectivity index (χ0v) is 18.7. The predicted molar refractivity (Wildman–Crippen MR) is 119 cm³/mol. The summed E-state index contributed by atoms with van der Waals surface area (Å²) in [4.78, 5) is 17.0. The van der Waals surface area contributed by atoms with Crippen molar-refractivity contribution < 1.29 is 32.2 Å². The van der Waals surface area contributed by atoms with Crippen LogP contribution in [0.1, 0.15) is 37.9 Å². The molecule has 0 spiro atoms. The summed E-state index contributed by atoms with van der Waals surface area (Å²) in [7, 11) is 0. The molecule has 2 aromatic carbocycles. The standard InChI is InChI=1S/C25H24F4N2O3/c1-15(2)24(23(32)33,31-21-13-12-17(14-19(21)26)25(27,28)29)16(3)20-10-7-11-22(30-20)34-18-8-5-4-6-9-18/h4-16,31H,1-3H3,(H,32,33). The second kappa shape index (κ2) is 9.70. The molecule has 0 aliphatic carbocycles. The predicted octanol–water partition coefficient (Wildman–Crippen LogP) is 6.73. The molecule has 0 saturated heterocycles. The molecule has 0 amide bonds. The largest absolute Gasteiger partial charge is 0.479 e. The maximum Gasteiger partial charge on any atom is 0.416 e. The van der Waals surface area contributed by atoms with E-state index in [0.29, 0.717) is 23.6 Å². The van der Waals surface area contributed by atoms with E-state index in [2.05, 4.69) is 10.3 Å². The third-order valence-electron chi connectivity index (χ3n) is 5.74. The highest BCUT2D eigenvalue weighted by atomic mass is 19.4. The van der Waals surface area contributed by atoms with Gasteiger partial charge in [0.25, 0.3) is 0 Å². The zero-order valence-electron chi connectivity index (χ0n) is 18.7. The number of benzene rings is 2. The van der Waals surface area contributed by atoms with Gasteiger partial charge in [0, 0.05) is 12.0 Å². The first-order valence-electron chi connectivity index (χ1n) is 10.5. The Hall–Kier alpha value is -3.62. The van der Waals surface area contributed by atoms with Crippen molar-refractivity contribution in [1.82, 2.24) is 4.98 Å². The normalized spacial score (nSPS) is 14.4. The fourth-order valence-electron chi connectivity index (χ4n) is 3.83. The lowest BCUT2D eigenvalue weighted by molar-refractivity contribution is -0.145. The highest BCUT2D eigenvalue weighted by Crippen LogP contribution is 2.39. The summed E-state index contributed by atoms with van der Waals surface area (Å²) < 4.78 is 59.2. The van der Waals surface area contributed by atoms with Crippen molar-refractivity contribution in [1.29, 1.82) is 0 Å². The summed E-state index contributed by atoms with van der Waals surface area (Å²) in [6.45, 7) is 4.87. The van der Waals surface area contributed by atoms with Crippen molar-refractivity contribution in [3.05, 3.63) is 83.8 Å². The number of rotatable bonds is 8. The molecular weight excluding hydrogens is 452 g/mol. The van der Waals surface area contributed by atoms with Gasteiger partial charge in [-0.25, -0.2) is 14.2 Å². The number of carboxylic acid groups (broad SMARTS) is 1. The van der Waals surface area contributed by atoms with E-state index in [0.717, 1.165) is 6.07 Å². The molecule has 3 aromatic rings. The van der Waals surface area contributed by atoms with E-state index in [1.807, 2.05) is 6.07 Å². The minimum absolute atomic E-state index is 0.235. The number of anilines is 1. The first-order valence-corrected chi connectivity index (χ1v) is 10.5. The molecule has 3 rings (SSSR count).